The topological polar surface area (TPSA) is 36.9 Å². The van der Waals surface area contributed by atoms with E-state index in [0.717, 1.165) is 6.42 Å². The van der Waals surface area contributed by atoms with E-state index in [1.54, 1.807) is 0 Å². The predicted molar refractivity (Wildman–Crippen MR) is 77.0 cm³/mol. The molecule has 0 unspecified atom stereocenters. The lowest BCUT2D eigenvalue weighted by Crippen LogP contribution is -2.42. The van der Waals surface area contributed by atoms with E-state index in [1.165, 1.54) is 0 Å². The molecule has 116 valence electrons. The highest BCUT2D eigenvalue weighted by Gasteiger charge is 2.35. The molecule has 0 rings (SSSR count). The minimum atomic E-state index is -0.270. The van der Waals surface area contributed by atoms with Crippen LogP contribution in [0.25, 0.3) is 0 Å². The lowest BCUT2D eigenvalue weighted by Gasteiger charge is -2.36. The minimum absolute atomic E-state index is 0.0878. The van der Waals surface area contributed by atoms with E-state index in [9.17, 15) is 0 Å². The van der Waals surface area contributed by atoms with E-state index >= 15 is 0 Å². The molecule has 0 aliphatic heterocycles. The van der Waals surface area contributed by atoms with Crippen LogP contribution in [0, 0.1) is 11.8 Å². The summed E-state index contributed by atoms with van der Waals surface area (Å²) in [5.74, 6) is 0.496. The van der Waals surface area contributed by atoms with Crippen LogP contribution in [0.2, 0.25) is 0 Å². The molecule has 4 nitrogen and oxygen atoms in total. The molecule has 0 bridgehead atoms. The fourth-order valence-corrected chi connectivity index (χ4v) is 2.13. The van der Waals surface area contributed by atoms with Crippen LogP contribution >= 0.6 is 0 Å². The third-order valence-electron chi connectivity index (χ3n) is 3.25. The second-order valence-corrected chi connectivity index (χ2v) is 4.52. The van der Waals surface area contributed by atoms with Crippen molar-refractivity contribution in [1.82, 2.24) is 0 Å². The molecule has 0 N–H and O–H groups in total. The number of hydrogen-bond acceptors (Lipinski definition) is 4. The summed E-state index contributed by atoms with van der Waals surface area (Å²) in [5, 5.41) is 0. The van der Waals surface area contributed by atoms with Gasteiger partial charge in [-0.2, -0.15) is 0 Å². The standard InChI is InChI=1S/C15H32O4/c1-7-12(6)13(14(16-8-2)17-9-3)15(18-10-4)19-11-5/h12-15H,7-11H2,1-6H3/t12-/m0/s1. The maximum absolute atomic E-state index is 5.76. The first-order valence-electron chi connectivity index (χ1n) is 7.62. The molecular formula is C15H32O4. The summed E-state index contributed by atoms with van der Waals surface area (Å²) >= 11 is 0. The van der Waals surface area contributed by atoms with Crippen molar-refractivity contribution < 1.29 is 18.9 Å². The van der Waals surface area contributed by atoms with E-state index in [4.69, 9.17) is 18.9 Å². The molecular weight excluding hydrogens is 244 g/mol. The van der Waals surface area contributed by atoms with Crippen LogP contribution in [-0.2, 0) is 18.9 Å². The molecule has 1 atom stereocenters. The second-order valence-electron chi connectivity index (χ2n) is 4.52. The van der Waals surface area contributed by atoms with Crippen LogP contribution in [0.15, 0.2) is 0 Å². The van der Waals surface area contributed by atoms with Gasteiger partial charge in [0.1, 0.15) is 0 Å². The lowest BCUT2D eigenvalue weighted by atomic mass is 9.90. The van der Waals surface area contributed by atoms with Gasteiger partial charge < -0.3 is 18.9 Å². The first-order valence-corrected chi connectivity index (χ1v) is 7.62. The van der Waals surface area contributed by atoms with Crippen molar-refractivity contribution in [3.63, 3.8) is 0 Å². The Kier molecular flexibility index (Phi) is 11.6. The molecule has 0 fully saturated rings. The molecule has 19 heavy (non-hydrogen) atoms. The Morgan fingerprint density at radius 1 is 0.632 bits per heavy atom. The predicted octanol–water partition coefficient (Wildman–Crippen LogP) is 3.45. The van der Waals surface area contributed by atoms with Crippen LogP contribution < -0.4 is 0 Å². The fourth-order valence-electron chi connectivity index (χ4n) is 2.13. The van der Waals surface area contributed by atoms with Crippen LogP contribution in [0.4, 0.5) is 0 Å². The van der Waals surface area contributed by atoms with Gasteiger partial charge >= 0.3 is 0 Å². The number of rotatable bonds is 12. The molecule has 4 heteroatoms. The Labute approximate surface area is 118 Å². The van der Waals surface area contributed by atoms with Gasteiger partial charge in [0.2, 0.25) is 0 Å². The first-order chi connectivity index (χ1) is 9.15. The molecule has 0 heterocycles. The van der Waals surface area contributed by atoms with Gasteiger partial charge in [0, 0.05) is 26.4 Å². The van der Waals surface area contributed by atoms with E-state index in [1.807, 2.05) is 27.7 Å². The van der Waals surface area contributed by atoms with Crippen molar-refractivity contribution in [2.24, 2.45) is 11.8 Å². The zero-order chi connectivity index (χ0) is 14.7. The summed E-state index contributed by atoms with van der Waals surface area (Å²) in [6.07, 6.45) is 0.499. The van der Waals surface area contributed by atoms with Crippen LogP contribution in [0.3, 0.4) is 0 Å². The molecule has 0 aliphatic rings. The van der Waals surface area contributed by atoms with E-state index < -0.39 is 0 Å². The quantitative estimate of drug-likeness (QED) is 0.512. The Hall–Kier alpha value is -0.160. The normalized spacial score (nSPS) is 13.7. The Morgan fingerprint density at radius 3 is 1.16 bits per heavy atom. The molecule has 0 aromatic carbocycles. The lowest BCUT2D eigenvalue weighted by molar-refractivity contribution is -0.258. The van der Waals surface area contributed by atoms with Crippen molar-refractivity contribution in [2.45, 2.75) is 60.5 Å². The smallest absolute Gasteiger partial charge is 0.165 e. The highest BCUT2D eigenvalue weighted by Crippen LogP contribution is 2.28. The third-order valence-corrected chi connectivity index (χ3v) is 3.25. The van der Waals surface area contributed by atoms with Gasteiger partial charge in [0.15, 0.2) is 12.6 Å². The van der Waals surface area contributed by atoms with Gasteiger partial charge in [-0.1, -0.05) is 20.3 Å². The first kappa shape index (κ1) is 18.8. The monoisotopic (exact) mass is 276 g/mol. The molecule has 0 saturated heterocycles. The Balaban J connectivity index is 4.98. The number of ether oxygens (including phenoxy) is 4. The minimum Gasteiger partial charge on any atom is -0.352 e. The molecule has 0 saturated carbocycles. The molecule has 0 aromatic heterocycles. The van der Waals surface area contributed by atoms with Gasteiger partial charge in [-0.3, -0.25) is 0 Å². The van der Waals surface area contributed by atoms with E-state index in [0.29, 0.717) is 32.3 Å². The van der Waals surface area contributed by atoms with Crippen LogP contribution in [0.1, 0.15) is 48.0 Å². The van der Waals surface area contributed by atoms with Gasteiger partial charge in [-0.25, -0.2) is 0 Å². The Morgan fingerprint density at radius 2 is 0.947 bits per heavy atom. The van der Waals surface area contributed by atoms with Gasteiger partial charge in [-0.05, 0) is 33.6 Å². The molecule has 0 aromatic rings. The van der Waals surface area contributed by atoms with Crippen LogP contribution in [-0.4, -0.2) is 39.0 Å². The van der Waals surface area contributed by atoms with Crippen molar-refractivity contribution in [3.8, 4) is 0 Å². The molecule has 0 radical (unpaired) electrons. The van der Waals surface area contributed by atoms with Crippen molar-refractivity contribution in [1.29, 1.82) is 0 Å². The van der Waals surface area contributed by atoms with Crippen molar-refractivity contribution in [3.05, 3.63) is 0 Å². The average molecular weight is 276 g/mol. The molecule has 0 spiro atoms. The summed E-state index contributed by atoms with van der Waals surface area (Å²) in [4.78, 5) is 0. The van der Waals surface area contributed by atoms with Gasteiger partial charge in [-0.15, -0.1) is 0 Å². The highest BCUT2D eigenvalue weighted by molar-refractivity contribution is 4.73. The summed E-state index contributed by atoms with van der Waals surface area (Å²) in [7, 11) is 0. The molecule has 0 amide bonds. The molecule has 0 aliphatic carbocycles. The largest absolute Gasteiger partial charge is 0.352 e. The summed E-state index contributed by atoms with van der Waals surface area (Å²) < 4.78 is 23.0. The van der Waals surface area contributed by atoms with E-state index in [-0.39, 0.29) is 18.5 Å². The Bertz CT molecular complexity index is 171. The highest BCUT2D eigenvalue weighted by atomic mass is 16.7. The maximum Gasteiger partial charge on any atom is 0.165 e. The van der Waals surface area contributed by atoms with Crippen molar-refractivity contribution >= 4 is 0 Å². The number of hydrogen-bond donors (Lipinski definition) is 0. The zero-order valence-corrected chi connectivity index (χ0v) is 13.5. The SMILES string of the molecule is CCOC(OCC)C(C(OCC)OCC)[C@@H](C)CC. The van der Waals surface area contributed by atoms with Gasteiger partial charge in [0.05, 0.1) is 5.92 Å². The average Bonchev–Trinajstić information content (AvgIpc) is 2.39. The fraction of sp³-hybridized carbons (Fsp3) is 1.00. The van der Waals surface area contributed by atoms with Crippen molar-refractivity contribution in [2.75, 3.05) is 26.4 Å². The summed E-state index contributed by atoms with van der Waals surface area (Å²) in [6.45, 7) is 14.8. The summed E-state index contributed by atoms with van der Waals surface area (Å²) in [6, 6.07) is 0. The maximum atomic E-state index is 5.76. The second kappa shape index (κ2) is 11.6. The van der Waals surface area contributed by atoms with Crippen LogP contribution in [0.5, 0.6) is 0 Å². The third kappa shape index (κ3) is 6.70. The van der Waals surface area contributed by atoms with E-state index in [2.05, 4.69) is 13.8 Å². The zero-order valence-electron chi connectivity index (χ0n) is 13.5. The van der Waals surface area contributed by atoms with Gasteiger partial charge in [0.25, 0.3) is 0 Å². The summed E-state index contributed by atoms with van der Waals surface area (Å²) in [5.41, 5.74) is 0.